The lowest BCUT2D eigenvalue weighted by molar-refractivity contribution is -0.384. The number of rotatable bonds is 10. The predicted octanol–water partition coefficient (Wildman–Crippen LogP) is 6.08. The molecule has 2 aromatic rings. The van der Waals surface area contributed by atoms with Crippen LogP contribution in [0, 0.1) is 10.1 Å². The number of hydrogen-bond donors (Lipinski definition) is 1. The van der Waals surface area contributed by atoms with Gasteiger partial charge in [-0.15, -0.1) is 11.6 Å². The molecule has 0 radical (unpaired) electrons. The molecule has 1 aliphatic rings. The van der Waals surface area contributed by atoms with Crippen molar-refractivity contribution in [3.8, 4) is 0 Å². The number of halogens is 1. The van der Waals surface area contributed by atoms with Gasteiger partial charge in [-0.1, -0.05) is 42.5 Å². The lowest BCUT2D eigenvalue weighted by Gasteiger charge is -2.32. The van der Waals surface area contributed by atoms with Crippen molar-refractivity contribution in [3.63, 3.8) is 0 Å². The highest BCUT2D eigenvalue weighted by Crippen LogP contribution is 2.42. The Kier molecular flexibility index (Phi) is 9.47. The van der Waals surface area contributed by atoms with Gasteiger partial charge in [0.15, 0.2) is 0 Å². The zero-order valence-electron chi connectivity index (χ0n) is 21.3. The number of esters is 2. The average molecular weight is 527 g/mol. The highest BCUT2D eigenvalue weighted by molar-refractivity contribution is 6.20. The van der Waals surface area contributed by atoms with E-state index < -0.39 is 28.9 Å². The lowest BCUT2D eigenvalue weighted by Crippen LogP contribution is -2.34. The first-order valence-electron chi connectivity index (χ1n) is 12.2. The van der Waals surface area contributed by atoms with Crippen molar-refractivity contribution in [1.29, 1.82) is 0 Å². The van der Waals surface area contributed by atoms with E-state index in [0.717, 1.165) is 5.56 Å². The van der Waals surface area contributed by atoms with Crippen LogP contribution in [0.5, 0.6) is 0 Å². The van der Waals surface area contributed by atoms with E-state index in [1.165, 1.54) is 18.2 Å². The molecule has 0 aliphatic carbocycles. The molecular weight excluding hydrogens is 496 g/mol. The number of ether oxygens (including phenoxy) is 2. The number of nitrogens with one attached hydrogen (secondary N) is 1. The predicted molar refractivity (Wildman–Crippen MR) is 141 cm³/mol. The summed E-state index contributed by atoms with van der Waals surface area (Å²) in [5.74, 6) is -2.15. The van der Waals surface area contributed by atoms with Crippen LogP contribution in [0.25, 0.3) is 0 Å². The van der Waals surface area contributed by atoms with Crippen LogP contribution in [0.2, 0.25) is 0 Å². The van der Waals surface area contributed by atoms with Crippen molar-refractivity contribution in [2.75, 3.05) is 6.61 Å². The maximum Gasteiger partial charge on any atom is 0.337 e. The number of non-ortho nitro benzene ring substituents is 1. The second-order valence-electron chi connectivity index (χ2n) is 8.93. The van der Waals surface area contributed by atoms with E-state index in [-0.39, 0.29) is 28.8 Å². The second-order valence-corrected chi connectivity index (χ2v) is 9.46. The summed E-state index contributed by atoms with van der Waals surface area (Å²) in [6, 6.07) is 15.5. The molecule has 2 atom stereocenters. The zero-order chi connectivity index (χ0) is 27.1. The average Bonchev–Trinajstić information content (AvgIpc) is 2.86. The van der Waals surface area contributed by atoms with E-state index in [1.54, 1.807) is 33.8 Å². The number of hydrogen-bond acceptors (Lipinski definition) is 7. The van der Waals surface area contributed by atoms with Gasteiger partial charge in [-0.3, -0.25) is 10.1 Å². The summed E-state index contributed by atoms with van der Waals surface area (Å²) in [7, 11) is 0. The molecule has 2 aromatic carbocycles. The maximum absolute atomic E-state index is 13.4. The molecule has 196 valence electrons. The first-order chi connectivity index (χ1) is 17.6. The van der Waals surface area contributed by atoms with Crippen LogP contribution >= 0.6 is 11.6 Å². The van der Waals surface area contributed by atoms with Crippen molar-refractivity contribution < 1.29 is 24.0 Å². The molecule has 0 spiro atoms. The van der Waals surface area contributed by atoms with E-state index in [4.69, 9.17) is 21.1 Å². The van der Waals surface area contributed by atoms with Gasteiger partial charge in [-0.25, -0.2) is 9.59 Å². The molecule has 1 N–H and O–H groups in total. The van der Waals surface area contributed by atoms with Crippen molar-refractivity contribution in [2.45, 2.75) is 57.9 Å². The number of nitrogens with zero attached hydrogens (tertiary/aromatic N) is 1. The Morgan fingerprint density at radius 2 is 1.78 bits per heavy atom. The minimum Gasteiger partial charge on any atom is -0.463 e. The van der Waals surface area contributed by atoms with Gasteiger partial charge in [0.05, 0.1) is 40.1 Å². The summed E-state index contributed by atoms with van der Waals surface area (Å²) < 4.78 is 10.9. The van der Waals surface area contributed by atoms with Crippen LogP contribution in [0.3, 0.4) is 0 Å². The molecule has 3 rings (SSSR count). The molecule has 9 heteroatoms. The molecule has 0 bridgehead atoms. The number of dihydropyridines is 1. The Morgan fingerprint density at radius 1 is 1.08 bits per heavy atom. The van der Waals surface area contributed by atoms with Gasteiger partial charge in [-0.05, 0) is 51.7 Å². The first-order valence-corrected chi connectivity index (χ1v) is 12.6. The van der Waals surface area contributed by atoms with Crippen molar-refractivity contribution in [3.05, 3.63) is 98.4 Å². The molecule has 37 heavy (non-hydrogen) atoms. The fourth-order valence-electron chi connectivity index (χ4n) is 4.34. The molecule has 0 aromatic heterocycles. The van der Waals surface area contributed by atoms with E-state index in [9.17, 15) is 19.7 Å². The molecule has 1 aliphatic heterocycles. The van der Waals surface area contributed by atoms with E-state index in [2.05, 4.69) is 5.32 Å². The van der Waals surface area contributed by atoms with Gasteiger partial charge < -0.3 is 14.8 Å². The molecule has 0 saturated heterocycles. The van der Waals surface area contributed by atoms with Gasteiger partial charge in [0.2, 0.25) is 0 Å². The highest BCUT2D eigenvalue weighted by atomic mass is 35.5. The minimum absolute atomic E-state index is 0.119. The third-order valence-electron chi connectivity index (χ3n) is 5.93. The van der Waals surface area contributed by atoms with Crippen molar-refractivity contribution in [2.24, 2.45) is 0 Å². The number of carbonyl (C=O) groups is 2. The van der Waals surface area contributed by atoms with Crippen LogP contribution in [-0.2, 0) is 19.1 Å². The third-order valence-corrected chi connectivity index (χ3v) is 6.40. The topological polar surface area (TPSA) is 108 Å². The number of alkyl halides is 1. The van der Waals surface area contributed by atoms with Crippen molar-refractivity contribution >= 4 is 29.2 Å². The zero-order valence-corrected chi connectivity index (χ0v) is 22.1. The second kappa shape index (κ2) is 12.5. The number of nitro groups is 1. The summed E-state index contributed by atoms with van der Waals surface area (Å²) >= 11 is 6.67. The third kappa shape index (κ3) is 6.77. The maximum atomic E-state index is 13.4. The van der Waals surface area contributed by atoms with Crippen LogP contribution in [0.4, 0.5) is 5.69 Å². The lowest BCUT2D eigenvalue weighted by atomic mass is 9.79. The first kappa shape index (κ1) is 27.9. The van der Waals surface area contributed by atoms with Gasteiger partial charge in [0.1, 0.15) is 0 Å². The standard InChI is InChI=1S/C28H31ClN2O6/c1-5-36-27(32)26-23(15-14-22(29)19-10-7-6-8-11-19)30-18(4)24(28(33)37-17(2)3)25(26)20-12-9-13-21(16-20)31(34)35/h6-13,16-17,22,25,30H,5,14-15H2,1-4H3. The highest BCUT2D eigenvalue weighted by Gasteiger charge is 2.39. The fourth-order valence-corrected chi connectivity index (χ4v) is 4.60. The quantitative estimate of drug-likeness (QED) is 0.173. The molecule has 0 fully saturated rings. The van der Waals surface area contributed by atoms with E-state index in [1.807, 2.05) is 30.3 Å². The number of benzene rings is 2. The summed E-state index contributed by atoms with van der Waals surface area (Å²) in [4.78, 5) is 37.6. The summed E-state index contributed by atoms with van der Waals surface area (Å²) in [6.07, 6.45) is 0.474. The van der Waals surface area contributed by atoms with Crippen LogP contribution < -0.4 is 5.32 Å². The Morgan fingerprint density at radius 3 is 2.41 bits per heavy atom. The van der Waals surface area contributed by atoms with Crippen LogP contribution in [-0.4, -0.2) is 29.6 Å². The van der Waals surface area contributed by atoms with Gasteiger partial charge in [0.25, 0.3) is 5.69 Å². The smallest absolute Gasteiger partial charge is 0.337 e. The fraction of sp³-hybridized carbons (Fsp3) is 0.357. The van der Waals surface area contributed by atoms with Gasteiger partial charge in [-0.2, -0.15) is 0 Å². The van der Waals surface area contributed by atoms with E-state index in [0.29, 0.717) is 29.8 Å². The number of allylic oxidation sites excluding steroid dienone is 2. The molecule has 2 unspecified atom stereocenters. The summed E-state index contributed by atoms with van der Waals surface area (Å²) in [5, 5.41) is 14.4. The molecule has 0 saturated carbocycles. The largest absolute Gasteiger partial charge is 0.463 e. The molecule has 1 heterocycles. The SMILES string of the molecule is CCOC(=O)C1=C(CCC(Cl)c2ccccc2)NC(C)=C(C(=O)OC(C)C)C1c1cccc([N+](=O)[O-])c1. The Labute approximate surface area is 221 Å². The Hall–Kier alpha value is -3.65. The van der Waals surface area contributed by atoms with E-state index >= 15 is 0 Å². The van der Waals surface area contributed by atoms with Gasteiger partial charge >= 0.3 is 11.9 Å². The minimum atomic E-state index is -0.924. The number of carbonyl (C=O) groups excluding carboxylic acids is 2. The van der Waals surface area contributed by atoms with Crippen molar-refractivity contribution in [1.82, 2.24) is 5.32 Å². The molecular formula is C28H31ClN2O6. The van der Waals surface area contributed by atoms with Crippen LogP contribution in [0.15, 0.2) is 77.1 Å². The summed E-state index contributed by atoms with van der Waals surface area (Å²) in [6.45, 7) is 6.98. The van der Waals surface area contributed by atoms with Crippen LogP contribution in [0.1, 0.15) is 63.0 Å². The Bertz CT molecular complexity index is 1220. The normalized spacial score (nSPS) is 16.3. The van der Waals surface area contributed by atoms with Gasteiger partial charge in [0, 0.05) is 23.5 Å². The Balaban J connectivity index is 2.13. The molecule has 8 nitrogen and oxygen atoms in total. The molecule has 0 amide bonds. The monoisotopic (exact) mass is 526 g/mol. The number of nitro benzene ring substituents is 1. The summed E-state index contributed by atoms with van der Waals surface area (Å²) in [5.41, 5.74) is 2.66.